The molecule has 3 unspecified atom stereocenters. The van der Waals surface area contributed by atoms with Crippen LogP contribution in [0.5, 0.6) is 0 Å². The first-order valence-corrected chi connectivity index (χ1v) is 5.86. The molecule has 3 N–H and O–H groups in total. The first kappa shape index (κ1) is 11.6. The van der Waals surface area contributed by atoms with E-state index in [4.69, 9.17) is 10.6 Å². The molecule has 3 heteroatoms. The van der Waals surface area contributed by atoms with E-state index < -0.39 is 0 Å². The molecule has 16 heavy (non-hydrogen) atoms. The van der Waals surface area contributed by atoms with Crippen molar-refractivity contribution < 1.29 is 4.74 Å². The summed E-state index contributed by atoms with van der Waals surface area (Å²) in [7, 11) is 0. The summed E-state index contributed by atoms with van der Waals surface area (Å²) in [5, 5.41) is 0. The lowest BCUT2D eigenvalue weighted by atomic mass is 9.88. The normalized spacial score (nSPS) is 26.9. The van der Waals surface area contributed by atoms with Gasteiger partial charge in [-0.2, -0.15) is 0 Å². The Hall–Kier alpha value is -0.900. The summed E-state index contributed by atoms with van der Waals surface area (Å²) in [4.78, 5) is 0. The molecule has 0 aliphatic carbocycles. The van der Waals surface area contributed by atoms with Gasteiger partial charge in [-0.3, -0.25) is 11.3 Å². The van der Waals surface area contributed by atoms with Gasteiger partial charge in [-0.25, -0.2) is 0 Å². The molecule has 1 aliphatic heterocycles. The molecular weight excluding hydrogens is 200 g/mol. The van der Waals surface area contributed by atoms with Gasteiger partial charge in [0.2, 0.25) is 0 Å². The molecule has 0 saturated carbocycles. The number of ether oxygens (including phenoxy) is 1. The van der Waals surface area contributed by atoms with Crippen molar-refractivity contribution in [1.82, 2.24) is 5.43 Å². The highest BCUT2D eigenvalue weighted by molar-refractivity contribution is 5.25. The SMILES string of the molecule is Cc1ccc(C(NN)C2CCOC2C)cc1. The fraction of sp³-hybridized carbons (Fsp3) is 0.538. The van der Waals surface area contributed by atoms with Crippen LogP contribution in [0.2, 0.25) is 0 Å². The maximum atomic E-state index is 5.68. The molecule has 0 radical (unpaired) electrons. The van der Waals surface area contributed by atoms with Gasteiger partial charge in [-0.15, -0.1) is 0 Å². The standard InChI is InChI=1S/C13H20N2O/c1-9-3-5-11(6-4-9)13(15-14)12-7-8-16-10(12)2/h3-6,10,12-13,15H,7-8,14H2,1-2H3. The molecule has 3 atom stereocenters. The number of benzene rings is 1. The minimum Gasteiger partial charge on any atom is -0.378 e. The third-order valence-corrected chi connectivity index (χ3v) is 3.48. The van der Waals surface area contributed by atoms with Crippen LogP contribution in [-0.2, 0) is 4.74 Å². The lowest BCUT2D eigenvalue weighted by Gasteiger charge is -2.25. The van der Waals surface area contributed by atoms with Gasteiger partial charge in [0.25, 0.3) is 0 Å². The average molecular weight is 220 g/mol. The fourth-order valence-corrected chi connectivity index (χ4v) is 2.43. The molecule has 0 amide bonds. The smallest absolute Gasteiger partial charge is 0.0594 e. The van der Waals surface area contributed by atoms with Crippen LogP contribution in [0.15, 0.2) is 24.3 Å². The second kappa shape index (κ2) is 4.95. The van der Waals surface area contributed by atoms with Gasteiger partial charge in [0, 0.05) is 12.5 Å². The predicted octanol–water partition coefficient (Wildman–Crippen LogP) is 1.92. The van der Waals surface area contributed by atoms with E-state index in [0.29, 0.717) is 5.92 Å². The highest BCUT2D eigenvalue weighted by atomic mass is 16.5. The Morgan fingerprint density at radius 2 is 2.06 bits per heavy atom. The Bertz CT molecular complexity index is 336. The van der Waals surface area contributed by atoms with Gasteiger partial charge < -0.3 is 4.74 Å². The monoisotopic (exact) mass is 220 g/mol. The van der Waals surface area contributed by atoms with Crippen molar-refractivity contribution in [2.75, 3.05) is 6.61 Å². The Morgan fingerprint density at radius 1 is 1.38 bits per heavy atom. The van der Waals surface area contributed by atoms with Crippen molar-refractivity contribution in [3.05, 3.63) is 35.4 Å². The van der Waals surface area contributed by atoms with E-state index >= 15 is 0 Å². The first-order chi connectivity index (χ1) is 7.72. The number of aryl methyl sites for hydroxylation is 1. The fourth-order valence-electron chi connectivity index (χ4n) is 2.43. The van der Waals surface area contributed by atoms with Gasteiger partial charge in [0.05, 0.1) is 12.1 Å². The molecule has 1 heterocycles. The second-order valence-corrected chi connectivity index (χ2v) is 4.58. The van der Waals surface area contributed by atoms with Crippen molar-refractivity contribution >= 4 is 0 Å². The molecule has 0 spiro atoms. The predicted molar refractivity (Wildman–Crippen MR) is 64.8 cm³/mol. The van der Waals surface area contributed by atoms with E-state index in [2.05, 4.69) is 43.5 Å². The summed E-state index contributed by atoms with van der Waals surface area (Å²) in [5.74, 6) is 6.14. The molecule has 1 aromatic rings. The minimum atomic E-state index is 0.193. The largest absolute Gasteiger partial charge is 0.378 e. The molecule has 2 rings (SSSR count). The van der Waals surface area contributed by atoms with Crippen LogP contribution in [0.25, 0.3) is 0 Å². The lowest BCUT2D eigenvalue weighted by Crippen LogP contribution is -2.36. The van der Waals surface area contributed by atoms with Crippen molar-refractivity contribution in [2.45, 2.75) is 32.4 Å². The summed E-state index contributed by atoms with van der Waals surface area (Å²) < 4.78 is 5.60. The van der Waals surface area contributed by atoms with Crippen LogP contribution < -0.4 is 11.3 Å². The molecular formula is C13H20N2O. The summed E-state index contributed by atoms with van der Waals surface area (Å²) in [5.41, 5.74) is 5.45. The number of hydrogen-bond donors (Lipinski definition) is 2. The Labute approximate surface area is 97.0 Å². The minimum absolute atomic E-state index is 0.193. The Kier molecular flexibility index (Phi) is 3.59. The number of nitrogens with one attached hydrogen (secondary N) is 1. The number of rotatable bonds is 3. The van der Waals surface area contributed by atoms with Crippen molar-refractivity contribution in [2.24, 2.45) is 11.8 Å². The number of hydrogen-bond acceptors (Lipinski definition) is 3. The van der Waals surface area contributed by atoms with Crippen molar-refractivity contribution in [1.29, 1.82) is 0 Å². The van der Waals surface area contributed by atoms with Crippen LogP contribution in [0.4, 0.5) is 0 Å². The first-order valence-electron chi connectivity index (χ1n) is 5.86. The van der Waals surface area contributed by atoms with Gasteiger partial charge in [0.1, 0.15) is 0 Å². The van der Waals surface area contributed by atoms with E-state index in [1.54, 1.807) is 0 Å². The number of nitrogens with two attached hydrogens (primary N) is 1. The highest BCUT2D eigenvalue weighted by Gasteiger charge is 2.32. The Balaban J connectivity index is 2.18. The topological polar surface area (TPSA) is 47.3 Å². The summed E-state index contributed by atoms with van der Waals surface area (Å²) in [6.45, 7) is 5.06. The molecule has 1 aromatic carbocycles. The number of hydrazine groups is 1. The molecule has 1 fully saturated rings. The van der Waals surface area contributed by atoms with Crippen LogP contribution in [0.1, 0.15) is 30.5 Å². The summed E-state index contributed by atoms with van der Waals surface area (Å²) >= 11 is 0. The van der Waals surface area contributed by atoms with E-state index in [9.17, 15) is 0 Å². The third-order valence-electron chi connectivity index (χ3n) is 3.48. The third kappa shape index (κ3) is 2.26. The molecule has 88 valence electrons. The highest BCUT2D eigenvalue weighted by Crippen LogP contribution is 2.32. The van der Waals surface area contributed by atoms with Gasteiger partial charge in [0.15, 0.2) is 0 Å². The molecule has 0 aromatic heterocycles. The van der Waals surface area contributed by atoms with E-state index in [1.165, 1.54) is 11.1 Å². The van der Waals surface area contributed by atoms with E-state index in [1.807, 2.05) is 0 Å². The van der Waals surface area contributed by atoms with Crippen LogP contribution >= 0.6 is 0 Å². The quantitative estimate of drug-likeness (QED) is 0.604. The zero-order valence-corrected chi connectivity index (χ0v) is 9.94. The summed E-state index contributed by atoms with van der Waals surface area (Å²) in [6.07, 6.45) is 1.35. The average Bonchev–Trinajstić information content (AvgIpc) is 2.69. The van der Waals surface area contributed by atoms with Crippen molar-refractivity contribution in [3.8, 4) is 0 Å². The van der Waals surface area contributed by atoms with Crippen molar-refractivity contribution in [3.63, 3.8) is 0 Å². The second-order valence-electron chi connectivity index (χ2n) is 4.58. The van der Waals surface area contributed by atoms with Crippen LogP contribution in [0, 0.1) is 12.8 Å². The zero-order chi connectivity index (χ0) is 11.5. The van der Waals surface area contributed by atoms with Gasteiger partial charge in [-0.1, -0.05) is 29.8 Å². The van der Waals surface area contributed by atoms with Gasteiger partial charge >= 0.3 is 0 Å². The Morgan fingerprint density at radius 3 is 2.56 bits per heavy atom. The van der Waals surface area contributed by atoms with E-state index in [-0.39, 0.29) is 12.1 Å². The molecule has 1 aliphatic rings. The van der Waals surface area contributed by atoms with Crippen LogP contribution in [-0.4, -0.2) is 12.7 Å². The van der Waals surface area contributed by atoms with Crippen LogP contribution in [0.3, 0.4) is 0 Å². The lowest BCUT2D eigenvalue weighted by molar-refractivity contribution is 0.0954. The maximum Gasteiger partial charge on any atom is 0.0594 e. The molecule has 3 nitrogen and oxygen atoms in total. The molecule has 0 bridgehead atoms. The zero-order valence-electron chi connectivity index (χ0n) is 9.94. The van der Waals surface area contributed by atoms with E-state index in [0.717, 1.165) is 13.0 Å². The maximum absolute atomic E-state index is 5.68. The molecule has 1 saturated heterocycles. The summed E-state index contributed by atoms with van der Waals surface area (Å²) in [6, 6.07) is 8.73. The van der Waals surface area contributed by atoms with Gasteiger partial charge in [-0.05, 0) is 25.8 Å².